The van der Waals surface area contributed by atoms with Gasteiger partial charge in [0.15, 0.2) is 11.5 Å². The Hall–Kier alpha value is -3.27. The molecule has 2 amide bonds. The van der Waals surface area contributed by atoms with Gasteiger partial charge in [-0.1, -0.05) is 36.8 Å². The molecule has 0 bridgehead atoms. The Morgan fingerprint density at radius 1 is 1.03 bits per heavy atom. The third kappa shape index (κ3) is 8.38. The minimum absolute atomic E-state index is 0.153. The minimum atomic E-state index is -3.86. The van der Waals surface area contributed by atoms with E-state index in [1.165, 1.54) is 25.2 Å². The van der Waals surface area contributed by atoms with Gasteiger partial charge in [-0.25, -0.2) is 8.42 Å². The fourth-order valence-corrected chi connectivity index (χ4v) is 4.81. The van der Waals surface area contributed by atoms with Gasteiger partial charge in [-0.2, -0.15) is 0 Å². The molecule has 204 valence electrons. The van der Waals surface area contributed by atoms with Crippen molar-refractivity contribution in [3.8, 4) is 11.5 Å². The number of nitrogens with zero attached hydrogens (tertiary/aromatic N) is 2. The number of anilines is 1. The Morgan fingerprint density at radius 3 is 2.19 bits per heavy atom. The molecule has 1 atom stereocenters. The average Bonchev–Trinajstić information content (AvgIpc) is 2.80. The first-order valence-corrected chi connectivity index (χ1v) is 13.9. The number of amides is 2. The first-order valence-electron chi connectivity index (χ1n) is 12.1. The molecule has 0 radical (unpaired) electrons. The Labute approximate surface area is 220 Å². The highest BCUT2D eigenvalue weighted by Gasteiger charge is 2.33. The predicted molar refractivity (Wildman–Crippen MR) is 145 cm³/mol. The maximum atomic E-state index is 13.8. The lowest BCUT2D eigenvalue weighted by atomic mass is 10.0. The third-order valence-corrected chi connectivity index (χ3v) is 6.79. The molecule has 0 heterocycles. The SMILES string of the molecule is CCC(C(=O)NC(C)(C)C)N(Cc1cccc(C)c1)C(=O)CN(c1ccc(OC)c(OC)c1)S(C)(=O)=O. The van der Waals surface area contributed by atoms with Crippen LogP contribution in [0.4, 0.5) is 5.69 Å². The zero-order valence-corrected chi connectivity index (χ0v) is 23.8. The lowest BCUT2D eigenvalue weighted by Gasteiger charge is -2.34. The second-order valence-corrected chi connectivity index (χ2v) is 11.9. The molecule has 0 spiro atoms. The molecule has 0 aromatic heterocycles. The second-order valence-electron chi connectivity index (χ2n) is 9.98. The van der Waals surface area contributed by atoms with Crippen LogP contribution in [-0.4, -0.2) is 63.7 Å². The number of rotatable bonds is 11. The van der Waals surface area contributed by atoms with Crippen LogP contribution >= 0.6 is 0 Å². The van der Waals surface area contributed by atoms with Gasteiger partial charge in [0.05, 0.1) is 26.2 Å². The number of hydrogen-bond donors (Lipinski definition) is 1. The number of benzene rings is 2. The molecule has 10 heteroatoms. The van der Waals surface area contributed by atoms with Crippen LogP contribution in [0.25, 0.3) is 0 Å². The van der Waals surface area contributed by atoms with Crippen LogP contribution in [0.2, 0.25) is 0 Å². The molecule has 2 rings (SSSR count). The maximum absolute atomic E-state index is 13.8. The number of aryl methyl sites for hydroxylation is 1. The van der Waals surface area contributed by atoms with Gasteiger partial charge in [-0.3, -0.25) is 13.9 Å². The van der Waals surface area contributed by atoms with Gasteiger partial charge in [0.25, 0.3) is 0 Å². The normalized spacial score (nSPS) is 12.4. The van der Waals surface area contributed by atoms with Gasteiger partial charge in [0, 0.05) is 18.2 Å². The summed E-state index contributed by atoms with van der Waals surface area (Å²) in [6.07, 6.45) is 1.39. The predicted octanol–water partition coefficient (Wildman–Crippen LogP) is 3.50. The topological polar surface area (TPSA) is 105 Å². The van der Waals surface area contributed by atoms with Gasteiger partial charge >= 0.3 is 0 Å². The third-order valence-electron chi connectivity index (χ3n) is 5.65. The summed E-state index contributed by atoms with van der Waals surface area (Å²) in [6.45, 7) is 9.04. The van der Waals surface area contributed by atoms with Gasteiger partial charge in [0.2, 0.25) is 21.8 Å². The summed E-state index contributed by atoms with van der Waals surface area (Å²) in [5, 5.41) is 2.95. The first kappa shape index (κ1) is 30.0. The number of carbonyl (C=O) groups is 2. The molecule has 2 aromatic carbocycles. The van der Waals surface area contributed by atoms with Crippen molar-refractivity contribution in [3.63, 3.8) is 0 Å². The largest absolute Gasteiger partial charge is 0.493 e. The molecule has 1 N–H and O–H groups in total. The molecule has 0 aliphatic rings. The summed E-state index contributed by atoms with van der Waals surface area (Å²) in [6, 6.07) is 11.5. The van der Waals surface area contributed by atoms with Gasteiger partial charge in [0.1, 0.15) is 12.6 Å². The lowest BCUT2D eigenvalue weighted by molar-refractivity contribution is -0.141. The number of ether oxygens (including phenoxy) is 2. The van der Waals surface area contributed by atoms with E-state index in [0.717, 1.165) is 21.7 Å². The number of sulfonamides is 1. The van der Waals surface area contributed by atoms with E-state index >= 15 is 0 Å². The zero-order chi connectivity index (χ0) is 28.0. The van der Waals surface area contributed by atoms with E-state index in [-0.39, 0.29) is 18.1 Å². The molecule has 37 heavy (non-hydrogen) atoms. The Morgan fingerprint density at radius 2 is 1.68 bits per heavy atom. The van der Waals surface area contributed by atoms with E-state index in [4.69, 9.17) is 9.47 Å². The van der Waals surface area contributed by atoms with Crippen molar-refractivity contribution in [3.05, 3.63) is 53.6 Å². The van der Waals surface area contributed by atoms with E-state index in [1.807, 2.05) is 58.9 Å². The summed E-state index contributed by atoms with van der Waals surface area (Å²) in [4.78, 5) is 28.5. The van der Waals surface area contributed by atoms with Crippen LogP contribution in [0, 0.1) is 6.92 Å². The number of hydrogen-bond acceptors (Lipinski definition) is 6. The van der Waals surface area contributed by atoms with Crippen molar-refractivity contribution in [1.29, 1.82) is 0 Å². The van der Waals surface area contributed by atoms with E-state index < -0.39 is 34.1 Å². The number of carbonyl (C=O) groups excluding carboxylic acids is 2. The molecule has 0 aliphatic carbocycles. The van der Waals surface area contributed by atoms with Crippen molar-refractivity contribution < 1.29 is 27.5 Å². The molecule has 9 nitrogen and oxygen atoms in total. The Kier molecular flexibility index (Phi) is 9.97. The molecule has 0 fully saturated rings. The van der Waals surface area contributed by atoms with Crippen LogP contribution in [0.15, 0.2) is 42.5 Å². The van der Waals surface area contributed by atoms with E-state index in [1.54, 1.807) is 12.1 Å². The number of methoxy groups -OCH3 is 2. The highest BCUT2D eigenvalue weighted by atomic mass is 32.2. The summed E-state index contributed by atoms with van der Waals surface area (Å²) in [7, 11) is -0.940. The van der Waals surface area contributed by atoms with Crippen LogP contribution in [-0.2, 0) is 26.2 Å². The number of nitrogens with one attached hydrogen (secondary N) is 1. The smallest absolute Gasteiger partial charge is 0.244 e. The Balaban J connectivity index is 2.51. The first-order chi connectivity index (χ1) is 17.2. The summed E-state index contributed by atoms with van der Waals surface area (Å²) < 4.78 is 37.2. The standard InChI is InChI=1S/C27H39N3O6S/c1-9-22(26(32)28-27(3,4)5)29(17-20-12-10-11-19(2)15-20)25(31)18-30(37(8,33)34)21-13-14-23(35-6)24(16-21)36-7/h10-16,22H,9,17-18H2,1-8H3,(H,28,32). The van der Waals surface area contributed by atoms with Gasteiger partial charge < -0.3 is 19.7 Å². The molecular weight excluding hydrogens is 494 g/mol. The summed E-state index contributed by atoms with van der Waals surface area (Å²) in [5.41, 5.74) is 1.60. The molecule has 2 aromatic rings. The Bertz CT molecular complexity index is 1210. The van der Waals surface area contributed by atoms with Crippen molar-refractivity contribution in [2.45, 2.75) is 59.2 Å². The van der Waals surface area contributed by atoms with E-state index in [9.17, 15) is 18.0 Å². The zero-order valence-electron chi connectivity index (χ0n) is 23.0. The minimum Gasteiger partial charge on any atom is -0.493 e. The molecule has 1 unspecified atom stereocenters. The van der Waals surface area contributed by atoms with Crippen molar-refractivity contribution in [1.82, 2.24) is 10.2 Å². The van der Waals surface area contributed by atoms with E-state index in [0.29, 0.717) is 17.9 Å². The molecule has 0 aliphatic heterocycles. The second kappa shape index (κ2) is 12.3. The fraction of sp³-hybridized carbons (Fsp3) is 0.481. The monoisotopic (exact) mass is 533 g/mol. The van der Waals surface area contributed by atoms with E-state index in [2.05, 4.69) is 5.32 Å². The summed E-state index contributed by atoms with van der Waals surface area (Å²) in [5.74, 6) is -0.0450. The maximum Gasteiger partial charge on any atom is 0.244 e. The van der Waals surface area contributed by atoms with Crippen LogP contribution in [0.1, 0.15) is 45.2 Å². The molecular formula is C27H39N3O6S. The highest BCUT2D eigenvalue weighted by Crippen LogP contribution is 2.32. The van der Waals surface area contributed by atoms with Crippen molar-refractivity contribution in [2.75, 3.05) is 31.3 Å². The highest BCUT2D eigenvalue weighted by molar-refractivity contribution is 7.92. The quantitative estimate of drug-likeness (QED) is 0.474. The van der Waals surface area contributed by atoms with Crippen LogP contribution in [0.5, 0.6) is 11.5 Å². The fourth-order valence-electron chi connectivity index (χ4n) is 3.97. The average molecular weight is 534 g/mol. The molecule has 0 saturated heterocycles. The van der Waals surface area contributed by atoms with Crippen LogP contribution < -0.4 is 19.1 Å². The lowest BCUT2D eigenvalue weighted by Crippen LogP contribution is -2.55. The summed E-state index contributed by atoms with van der Waals surface area (Å²) >= 11 is 0. The van der Waals surface area contributed by atoms with Gasteiger partial charge in [-0.15, -0.1) is 0 Å². The van der Waals surface area contributed by atoms with Crippen molar-refractivity contribution in [2.24, 2.45) is 0 Å². The van der Waals surface area contributed by atoms with Crippen molar-refractivity contribution >= 4 is 27.5 Å². The molecule has 0 saturated carbocycles. The van der Waals surface area contributed by atoms with Gasteiger partial charge in [-0.05, 0) is 51.8 Å². The van der Waals surface area contributed by atoms with Crippen LogP contribution in [0.3, 0.4) is 0 Å².